The van der Waals surface area contributed by atoms with E-state index in [4.69, 9.17) is 5.26 Å². The summed E-state index contributed by atoms with van der Waals surface area (Å²) in [6, 6.07) is 2.15. The lowest BCUT2D eigenvalue weighted by atomic mass is 10.1. The van der Waals surface area contributed by atoms with Crippen LogP contribution >= 0.6 is 11.3 Å². The lowest BCUT2D eigenvalue weighted by Crippen LogP contribution is -1.89. The molecule has 1 aromatic rings. The molecular formula is C8H10N2S. The van der Waals surface area contributed by atoms with Crippen molar-refractivity contribution in [3.05, 3.63) is 15.6 Å². The quantitative estimate of drug-likeness (QED) is 0.642. The van der Waals surface area contributed by atoms with E-state index in [2.05, 4.69) is 24.9 Å². The molecule has 11 heavy (non-hydrogen) atoms. The molecule has 0 unspecified atom stereocenters. The highest BCUT2D eigenvalue weighted by Crippen LogP contribution is 2.23. The van der Waals surface area contributed by atoms with Gasteiger partial charge >= 0.3 is 0 Å². The van der Waals surface area contributed by atoms with Gasteiger partial charge in [-0.05, 0) is 12.8 Å². The fraction of sp³-hybridized carbons (Fsp3) is 0.500. The second-order valence-electron chi connectivity index (χ2n) is 2.71. The Hall–Kier alpha value is -0.880. The fourth-order valence-corrected chi connectivity index (χ4v) is 1.79. The predicted molar refractivity (Wildman–Crippen MR) is 45.7 cm³/mol. The first-order chi connectivity index (χ1) is 5.15. The molecule has 0 saturated carbocycles. The van der Waals surface area contributed by atoms with Crippen LogP contribution in [0.15, 0.2) is 0 Å². The summed E-state index contributed by atoms with van der Waals surface area (Å²) in [6.07, 6.45) is 0. The number of aryl methyl sites for hydroxylation is 1. The molecule has 0 bridgehead atoms. The first-order valence-corrected chi connectivity index (χ1v) is 4.34. The van der Waals surface area contributed by atoms with Gasteiger partial charge in [0.1, 0.15) is 10.9 Å². The van der Waals surface area contributed by atoms with E-state index in [-0.39, 0.29) is 0 Å². The molecule has 0 aliphatic heterocycles. The van der Waals surface area contributed by atoms with Gasteiger partial charge in [-0.3, -0.25) is 0 Å². The van der Waals surface area contributed by atoms with Crippen LogP contribution in [0.5, 0.6) is 0 Å². The first-order valence-electron chi connectivity index (χ1n) is 3.52. The highest BCUT2D eigenvalue weighted by molar-refractivity contribution is 7.12. The van der Waals surface area contributed by atoms with Gasteiger partial charge in [-0.25, -0.2) is 4.98 Å². The van der Waals surface area contributed by atoms with Crippen LogP contribution in [0.4, 0.5) is 0 Å². The normalized spacial score (nSPS) is 10.1. The van der Waals surface area contributed by atoms with Crippen molar-refractivity contribution in [3.63, 3.8) is 0 Å². The Morgan fingerprint density at radius 2 is 2.18 bits per heavy atom. The fourth-order valence-electron chi connectivity index (χ4n) is 0.915. The molecule has 0 atom stereocenters. The van der Waals surface area contributed by atoms with Gasteiger partial charge in [0.25, 0.3) is 0 Å². The molecule has 0 radical (unpaired) electrons. The zero-order chi connectivity index (χ0) is 8.43. The second-order valence-corrected chi connectivity index (χ2v) is 3.92. The van der Waals surface area contributed by atoms with E-state index >= 15 is 0 Å². The largest absolute Gasteiger partial charge is 0.245 e. The van der Waals surface area contributed by atoms with Crippen LogP contribution in [0.25, 0.3) is 0 Å². The van der Waals surface area contributed by atoms with Crippen molar-refractivity contribution in [2.75, 3.05) is 0 Å². The molecule has 58 valence electrons. The van der Waals surface area contributed by atoms with Gasteiger partial charge in [0.2, 0.25) is 0 Å². The van der Waals surface area contributed by atoms with Crippen LogP contribution in [-0.2, 0) is 0 Å². The van der Waals surface area contributed by atoms with Gasteiger partial charge in [0.15, 0.2) is 0 Å². The van der Waals surface area contributed by atoms with Crippen LogP contribution in [-0.4, -0.2) is 4.98 Å². The van der Waals surface area contributed by atoms with Crippen LogP contribution in [0, 0.1) is 18.3 Å². The molecule has 0 amide bonds. The first kappa shape index (κ1) is 8.22. The summed E-state index contributed by atoms with van der Waals surface area (Å²) in [5, 5.41) is 9.68. The summed E-state index contributed by atoms with van der Waals surface area (Å²) in [5.41, 5.74) is 0.940. The Morgan fingerprint density at radius 3 is 2.55 bits per heavy atom. The average molecular weight is 166 g/mol. The topological polar surface area (TPSA) is 36.7 Å². The Morgan fingerprint density at radius 1 is 1.55 bits per heavy atom. The third-order valence-electron chi connectivity index (χ3n) is 1.41. The minimum absolute atomic E-state index is 0.356. The number of nitrogens with zero attached hydrogens (tertiary/aromatic N) is 2. The molecule has 0 fully saturated rings. The van der Waals surface area contributed by atoms with Gasteiger partial charge in [-0.15, -0.1) is 11.3 Å². The van der Waals surface area contributed by atoms with Gasteiger partial charge in [-0.2, -0.15) is 5.26 Å². The van der Waals surface area contributed by atoms with Crippen LogP contribution in [0.1, 0.15) is 35.3 Å². The van der Waals surface area contributed by atoms with Crippen molar-refractivity contribution >= 4 is 11.3 Å². The standard InChI is InChI=1S/C8H10N2S/c1-5(2)8-7(4-9)11-6(3)10-8/h5H,1-3H3. The molecule has 2 nitrogen and oxygen atoms in total. The van der Waals surface area contributed by atoms with Crippen LogP contribution in [0.2, 0.25) is 0 Å². The molecule has 1 rings (SSSR count). The van der Waals surface area contributed by atoms with E-state index in [1.165, 1.54) is 11.3 Å². The zero-order valence-corrected chi connectivity index (χ0v) is 7.70. The van der Waals surface area contributed by atoms with E-state index in [9.17, 15) is 0 Å². The molecule has 1 aromatic heterocycles. The lowest BCUT2D eigenvalue weighted by molar-refractivity contribution is 0.825. The molecule has 0 spiro atoms. The number of thiazole rings is 1. The van der Waals surface area contributed by atoms with Crippen LogP contribution < -0.4 is 0 Å². The molecule has 0 aromatic carbocycles. The number of hydrogen-bond acceptors (Lipinski definition) is 3. The number of aromatic nitrogens is 1. The van der Waals surface area contributed by atoms with Gasteiger partial charge in [0.05, 0.1) is 10.7 Å². The predicted octanol–water partition coefficient (Wildman–Crippen LogP) is 2.45. The summed E-state index contributed by atoms with van der Waals surface area (Å²) in [4.78, 5) is 5.04. The van der Waals surface area contributed by atoms with E-state index < -0.39 is 0 Å². The minimum atomic E-state index is 0.356. The highest BCUT2D eigenvalue weighted by atomic mass is 32.1. The van der Waals surface area contributed by atoms with Crippen molar-refractivity contribution in [1.82, 2.24) is 4.98 Å². The third kappa shape index (κ3) is 1.58. The van der Waals surface area contributed by atoms with E-state index in [1.54, 1.807) is 0 Å². The zero-order valence-electron chi connectivity index (χ0n) is 6.88. The Labute approximate surface area is 70.5 Å². The lowest BCUT2D eigenvalue weighted by Gasteiger charge is -1.97. The Kier molecular flexibility index (Phi) is 2.25. The maximum Gasteiger partial charge on any atom is 0.128 e. The highest BCUT2D eigenvalue weighted by Gasteiger charge is 2.10. The molecule has 0 aliphatic carbocycles. The number of rotatable bonds is 1. The van der Waals surface area contributed by atoms with Crippen molar-refractivity contribution < 1.29 is 0 Å². The molecule has 3 heteroatoms. The van der Waals surface area contributed by atoms with E-state index in [0.29, 0.717) is 5.92 Å². The van der Waals surface area contributed by atoms with Gasteiger partial charge in [-0.1, -0.05) is 13.8 Å². The smallest absolute Gasteiger partial charge is 0.128 e. The van der Waals surface area contributed by atoms with E-state index in [1.807, 2.05) is 6.92 Å². The molecule has 0 N–H and O–H groups in total. The summed E-state index contributed by atoms with van der Waals surface area (Å²) in [5.74, 6) is 0.356. The maximum atomic E-state index is 8.70. The number of nitriles is 1. The summed E-state index contributed by atoms with van der Waals surface area (Å²) in [6.45, 7) is 6.03. The van der Waals surface area contributed by atoms with Gasteiger partial charge < -0.3 is 0 Å². The van der Waals surface area contributed by atoms with E-state index in [0.717, 1.165) is 15.6 Å². The second kappa shape index (κ2) is 3.02. The van der Waals surface area contributed by atoms with Crippen molar-refractivity contribution in [3.8, 4) is 6.07 Å². The Bertz CT molecular complexity index is 294. The molecular weight excluding hydrogens is 156 g/mol. The Balaban J connectivity index is 3.15. The molecule has 0 aliphatic rings. The molecule has 0 saturated heterocycles. The summed E-state index contributed by atoms with van der Waals surface area (Å²) in [7, 11) is 0. The summed E-state index contributed by atoms with van der Waals surface area (Å²) >= 11 is 1.47. The average Bonchev–Trinajstić information content (AvgIpc) is 2.30. The van der Waals surface area contributed by atoms with Crippen LogP contribution in [0.3, 0.4) is 0 Å². The van der Waals surface area contributed by atoms with Crippen molar-refractivity contribution in [1.29, 1.82) is 5.26 Å². The summed E-state index contributed by atoms with van der Waals surface area (Å²) < 4.78 is 0. The maximum absolute atomic E-state index is 8.70. The van der Waals surface area contributed by atoms with Crippen molar-refractivity contribution in [2.45, 2.75) is 26.7 Å². The van der Waals surface area contributed by atoms with Crippen molar-refractivity contribution in [2.24, 2.45) is 0 Å². The number of hydrogen-bond donors (Lipinski definition) is 0. The SMILES string of the molecule is Cc1nc(C(C)C)c(C#N)s1. The molecule has 1 heterocycles. The minimum Gasteiger partial charge on any atom is -0.245 e. The monoisotopic (exact) mass is 166 g/mol. The third-order valence-corrected chi connectivity index (χ3v) is 2.30. The van der Waals surface area contributed by atoms with Gasteiger partial charge in [0, 0.05) is 0 Å².